The molecule has 1 fully saturated rings. The SMILES string of the molecule is CC1CCC(C(C)(C)Cc2ccnc(N)c2)C(N)C1. The number of aromatic nitrogens is 1. The Morgan fingerprint density at radius 3 is 2.74 bits per heavy atom. The fraction of sp³-hybridized carbons (Fsp3) is 0.688. The smallest absolute Gasteiger partial charge is 0.123 e. The Bertz CT molecular complexity index is 428. The van der Waals surface area contributed by atoms with E-state index in [1.54, 1.807) is 6.20 Å². The van der Waals surface area contributed by atoms with Gasteiger partial charge in [0.15, 0.2) is 0 Å². The summed E-state index contributed by atoms with van der Waals surface area (Å²) in [7, 11) is 0. The largest absolute Gasteiger partial charge is 0.384 e. The third-order valence-corrected chi connectivity index (χ3v) is 4.67. The molecule has 106 valence electrons. The summed E-state index contributed by atoms with van der Waals surface area (Å²) >= 11 is 0. The summed E-state index contributed by atoms with van der Waals surface area (Å²) in [5.41, 5.74) is 13.7. The van der Waals surface area contributed by atoms with Gasteiger partial charge in [-0.25, -0.2) is 4.98 Å². The van der Waals surface area contributed by atoms with Crippen LogP contribution >= 0.6 is 0 Å². The highest BCUT2D eigenvalue weighted by molar-refractivity contribution is 5.32. The van der Waals surface area contributed by atoms with Gasteiger partial charge in [-0.05, 0) is 54.2 Å². The molecule has 1 saturated carbocycles. The zero-order valence-electron chi connectivity index (χ0n) is 12.4. The predicted octanol–water partition coefficient (Wildman–Crippen LogP) is 3.00. The number of nitrogens with zero attached hydrogens (tertiary/aromatic N) is 1. The molecule has 0 saturated heterocycles. The van der Waals surface area contributed by atoms with Gasteiger partial charge in [0.05, 0.1) is 0 Å². The van der Waals surface area contributed by atoms with Crippen molar-refractivity contribution in [3.05, 3.63) is 23.9 Å². The number of nitrogen functional groups attached to an aromatic ring is 1. The Kier molecular flexibility index (Phi) is 4.14. The summed E-state index contributed by atoms with van der Waals surface area (Å²) in [5.74, 6) is 1.98. The number of hydrogen-bond acceptors (Lipinski definition) is 3. The lowest BCUT2D eigenvalue weighted by Crippen LogP contribution is -2.44. The van der Waals surface area contributed by atoms with E-state index in [-0.39, 0.29) is 5.41 Å². The summed E-state index contributed by atoms with van der Waals surface area (Å²) in [6, 6.07) is 4.38. The van der Waals surface area contributed by atoms with Crippen molar-refractivity contribution >= 4 is 5.82 Å². The van der Waals surface area contributed by atoms with E-state index in [0.29, 0.717) is 17.8 Å². The second-order valence-electron chi connectivity index (χ2n) is 6.94. The first-order valence-corrected chi connectivity index (χ1v) is 7.34. The van der Waals surface area contributed by atoms with Crippen molar-refractivity contribution in [1.29, 1.82) is 0 Å². The Balaban J connectivity index is 2.09. The van der Waals surface area contributed by atoms with Gasteiger partial charge in [0.2, 0.25) is 0 Å². The van der Waals surface area contributed by atoms with Crippen LogP contribution in [0.1, 0.15) is 45.6 Å². The van der Waals surface area contributed by atoms with Crippen LogP contribution in [-0.4, -0.2) is 11.0 Å². The molecule has 1 aromatic rings. The Hall–Kier alpha value is -1.09. The van der Waals surface area contributed by atoms with E-state index in [2.05, 4.69) is 31.8 Å². The maximum Gasteiger partial charge on any atom is 0.123 e. The molecule has 0 spiro atoms. The molecule has 0 aromatic carbocycles. The van der Waals surface area contributed by atoms with Crippen LogP contribution in [0, 0.1) is 17.3 Å². The van der Waals surface area contributed by atoms with Crippen LogP contribution < -0.4 is 11.5 Å². The number of hydrogen-bond donors (Lipinski definition) is 2. The van der Waals surface area contributed by atoms with E-state index in [1.807, 2.05) is 6.07 Å². The zero-order chi connectivity index (χ0) is 14.0. The second-order valence-corrected chi connectivity index (χ2v) is 6.94. The van der Waals surface area contributed by atoms with Crippen LogP contribution in [0.4, 0.5) is 5.82 Å². The van der Waals surface area contributed by atoms with Crippen LogP contribution in [0.3, 0.4) is 0 Å². The summed E-state index contributed by atoms with van der Waals surface area (Å²) in [6.07, 6.45) is 6.53. The van der Waals surface area contributed by atoms with Gasteiger partial charge in [0.25, 0.3) is 0 Å². The molecule has 1 heterocycles. The summed E-state index contributed by atoms with van der Waals surface area (Å²) in [6.45, 7) is 6.99. The number of anilines is 1. The second kappa shape index (κ2) is 5.49. The Labute approximate surface area is 116 Å². The van der Waals surface area contributed by atoms with Crippen LogP contribution in [0.2, 0.25) is 0 Å². The van der Waals surface area contributed by atoms with Crippen molar-refractivity contribution in [1.82, 2.24) is 4.98 Å². The fourth-order valence-corrected chi connectivity index (χ4v) is 3.66. The van der Waals surface area contributed by atoms with Crippen LogP contribution in [-0.2, 0) is 6.42 Å². The number of nitrogens with two attached hydrogens (primary N) is 2. The third-order valence-electron chi connectivity index (χ3n) is 4.67. The van der Waals surface area contributed by atoms with Gasteiger partial charge in [0.1, 0.15) is 5.82 Å². The lowest BCUT2D eigenvalue weighted by molar-refractivity contribution is 0.113. The minimum Gasteiger partial charge on any atom is -0.384 e. The molecule has 4 N–H and O–H groups in total. The van der Waals surface area contributed by atoms with Crippen LogP contribution in [0.25, 0.3) is 0 Å². The van der Waals surface area contributed by atoms with E-state index in [0.717, 1.165) is 18.8 Å². The monoisotopic (exact) mass is 261 g/mol. The van der Waals surface area contributed by atoms with Crippen molar-refractivity contribution in [3.63, 3.8) is 0 Å². The number of pyridine rings is 1. The fourth-order valence-electron chi connectivity index (χ4n) is 3.66. The molecule has 1 aliphatic rings. The molecule has 3 heteroatoms. The first-order valence-electron chi connectivity index (χ1n) is 7.34. The quantitative estimate of drug-likeness (QED) is 0.879. The minimum atomic E-state index is 0.216. The highest BCUT2D eigenvalue weighted by atomic mass is 14.8. The molecule has 0 amide bonds. The molecule has 0 radical (unpaired) electrons. The van der Waals surface area contributed by atoms with E-state index < -0.39 is 0 Å². The molecular weight excluding hydrogens is 234 g/mol. The molecule has 3 unspecified atom stereocenters. The van der Waals surface area contributed by atoms with Gasteiger partial charge < -0.3 is 11.5 Å². The van der Waals surface area contributed by atoms with Gasteiger partial charge in [-0.1, -0.05) is 27.2 Å². The van der Waals surface area contributed by atoms with Gasteiger partial charge in [0, 0.05) is 12.2 Å². The maximum absolute atomic E-state index is 6.40. The minimum absolute atomic E-state index is 0.216. The summed E-state index contributed by atoms with van der Waals surface area (Å²) in [5, 5.41) is 0. The average molecular weight is 261 g/mol. The van der Waals surface area contributed by atoms with E-state index >= 15 is 0 Å². The average Bonchev–Trinajstić information content (AvgIpc) is 2.27. The first-order chi connectivity index (χ1) is 8.88. The molecule has 3 nitrogen and oxygen atoms in total. The van der Waals surface area contributed by atoms with Crippen molar-refractivity contribution in [2.24, 2.45) is 23.0 Å². The molecule has 19 heavy (non-hydrogen) atoms. The summed E-state index contributed by atoms with van der Waals surface area (Å²) < 4.78 is 0. The standard InChI is InChI=1S/C16H27N3/c1-11-4-5-13(14(17)8-11)16(2,3)10-12-6-7-19-15(18)9-12/h6-7,9,11,13-14H,4-5,8,10,17H2,1-3H3,(H2,18,19). The third kappa shape index (κ3) is 3.47. The van der Waals surface area contributed by atoms with Gasteiger partial charge in [-0.3, -0.25) is 0 Å². The lowest BCUT2D eigenvalue weighted by atomic mass is 9.64. The van der Waals surface area contributed by atoms with Crippen molar-refractivity contribution in [2.75, 3.05) is 5.73 Å². The van der Waals surface area contributed by atoms with Crippen molar-refractivity contribution < 1.29 is 0 Å². The van der Waals surface area contributed by atoms with E-state index in [9.17, 15) is 0 Å². The van der Waals surface area contributed by atoms with E-state index in [4.69, 9.17) is 11.5 Å². The zero-order valence-corrected chi connectivity index (χ0v) is 12.4. The highest BCUT2D eigenvalue weighted by Crippen LogP contribution is 2.41. The lowest BCUT2D eigenvalue weighted by Gasteiger charge is -2.43. The molecule has 0 aliphatic heterocycles. The molecule has 3 atom stereocenters. The van der Waals surface area contributed by atoms with E-state index in [1.165, 1.54) is 18.4 Å². The van der Waals surface area contributed by atoms with Crippen molar-refractivity contribution in [2.45, 2.75) is 52.5 Å². The molecule has 2 rings (SSSR count). The van der Waals surface area contributed by atoms with Crippen LogP contribution in [0.5, 0.6) is 0 Å². The van der Waals surface area contributed by atoms with Gasteiger partial charge in [-0.2, -0.15) is 0 Å². The molecule has 1 aliphatic carbocycles. The predicted molar refractivity (Wildman–Crippen MR) is 80.6 cm³/mol. The van der Waals surface area contributed by atoms with Gasteiger partial charge >= 0.3 is 0 Å². The Morgan fingerprint density at radius 2 is 2.11 bits per heavy atom. The van der Waals surface area contributed by atoms with Gasteiger partial charge in [-0.15, -0.1) is 0 Å². The molecular formula is C16H27N3. The normalized spacial score (nSPS) is 28.3. The Morgan fingerprint density at radius 1 is 1.37 bits per heavy atom. The number of rotatable bonds is 3. The topological polar surface area (TPSA) is 64.9 Å². The molecule has 0 bridgehead atoms. The van der Waals surface area contributed by atoms with Crippen LogP contribution in [0.15, 0.2) is 18.3 Å². The summed E-state index contributed by atoms with van der Waals surface area (Å²) in [4.78, 5) is 4.06. The maximum atomic E-state index is 6.40. The molecule has 1 aromatic heterocycles. The highest BCUT2D eigenvalue weighted by Gasteiger charge is 2.37. The van der Waals surface area contributed by atoms with Crippen molar-refractivity contribution in [3.8, 4) is 0 Å². The first kappa shape index (κ1) is 14.3.